The second-order valence-electron chi connectivity index (χ2n) is 6.66. The molecule has 0 unspecified atom stereocenters. The number of benzene rings is 2. The van der Waals surface area contributed by atoms with Crippen molar-refractivity contribution in [1.29, 1.82) is 0 Å². The summed E-state index contributed by atoms with van der Waals surface area (Å²) < 4.78 is 0. The maximum absolute atomic E-state index is 12.7. The number of carbonyl (C=O) groups excluding carboxylic acids is 2. The third-order valence-electron chi connectivity index (χ3n) is 4.38. The quantitative estimate of drug-likeness (QED) is 0.620. The second-order valence-corrected chi connectivity index (χ2v) is 7.07. The largest absolute Gasteiger partial charge is 0.382 e. The van der Waals surface area contributed by atoms with Gasteiger partial charge in [-0.3, -0.25) is 9.59 Å². The molecule has 3 aromatic rings. The minimum atomic E-state index is -0.301. The van der Waals surface area contributed by atoms with Crippen molar-refractivity contribution in [2.24, 2.45) is 0 Å². The number of halogens is 1. The maximum Gasteiger partial charge on any atom is 0.255 e. The van der Waals surface area contributed by atoms with E-state index in [1.807, 2.05) is 44.2 Å². The van der Waals surface area contributed by atoms with Crippen molar-refractivity contribution >= 4 is 34.8 Å². The average Bonchev–Trinajstić information content (AvgIpc) is 2.66. The van der Waals surface area contributed by atoms with Crippen LogP contribution in [0, 0.1) is 13.8 Å². The lowest BCUT2D eigenvalue weighted by atomic mass is 9.98. The molecule has 0 radical (unpaired) electrons. The van der Waals surface area contributed by atoms with Crippen LogP contribution >= 0.6 is 11.6 Å². The molecule has 0 spiro atoms. The minimum Gasteiger partial charge on any atom is -0.382 e. The average molecular weight is 394 g/mol. The Balaban J connectivity index is 1.79. The van der Waals surface area contributed by atoms with Crippen LogP contribution in [0.1, 0.15) is 37.4 Å². The van der Waals surface area contributed by atoms with Crippen molar-refractivity contribution in [2.75, 3.05) is 11.1 Å². The molecule has 0 aliphatic carbocycles. The Kier molecular flexibility index (Phi) is 5.76. The van der Waals surface area contributed by atoms with Crippen LogP contribution < -0.4 is 11.1 Å². The summed E-state index contributed by atoms with van der Waals surface area (Å²) in [5.41, 5.74) is 9.80. The van der Waals surface area contributed by atoms with Gasteiger partial charge < -0.3 is 11.1 Å². The molecule has 1 aromatic heterocycles. The Bertz CT molecular complexity index is 1060. The first kappa shape index (κ1) is 19.6. The highest BCUT2D eigenvalue weighted by atomic mass is 35.5. The Labute approximate surface area is 168 Å². The molecule has 0 saturated heterocycles. The lowest BCUT2D eigenvalue weighted by Crippen LogP contribution is -2.15. The molecule has 0 aliphatic heterocycles. The van der Waals surface area contributed by atoms with E-state index in [2.05, 4.69) is 10.3 Å². The van der Waals surface area contributed by atoms with Crippen LogP contribution in [0.25, 0.3) is 0 Å². The molecule has 0 bridgehead atoms. The zero-order chi connectivity index (χ0) is 20.3. The van der Waals surface area contributed by atoms with E-state index in [4.69, 9.17) is 17.3 Å². The topological polar surface area (TPSA) is 85.1 Å². The standard InChI is InChI=1S/C22H20ClN3O2/c1-13-4-3-5-16(8-13)20(27)10-15-7-6-14(2)18(9-15)22(28)26-17-11-19(23)21(24)25-12-17/h3-9,11-12H,10H2,1-2H3,(H2,24,25)(H,26,28). The van der Waals surface area contributed by atoms with E-state index in [0.717, 1.165) is 16.7 Å². The van der Waals surface area contributed by atoms with Gasteiger partial charge in [0.25, 0.3) is 5.91 Å². The summed E-state index contributed by atoms with van der Waals surface area (Å²) in [6.07, 6.45) is 1.67. The molecule has 3 N–H and O–H groups in total. The summed E-state index contributed by atoms with van der Waals surface area (Å²) >= 11 is 5.95. The fourth-order valence-corrected chi connectivity index (χ4v) is 3.01. The number of hydrogen-bond donors (Lipinski definition) is 2. The number of ketones is 1. The Morgan fingerprint density at radius 1 is 1.11 bits per heavy atom. The first-order valence-electron chi connectivity index (χ1n) is 8.75. The number of rotatable bonds is 5. The second kappa shape index (κ2) is 8.23. The molecule has 28 heavy (non-hydrogen) atoms. The zero-order valence-corrected chi connectivity index (χ0v) is 16.4. The summed E-state index contributed by atoms with van der Waals surface area (Å²) in [5, 5.41) is 3.03. The molecule has 3 rings (SSSR count). The van der Waals surface area contributed by atoms with Crippen molar-refractivity contribution in [1.82, 2.24) is 4.98 Å². The summed E-state index contributed by atoms with van der Waals surface area (Å²) in [6.45, 7) is 3.79. The summed E-state index contributed by atoms with van der Waals surface area (Å²) in [6, 6.07) is 14.5. The van der Waals surface area contributed by atoms with Crippen molar-refractivity contribution in [3.05, 3.63) is 87.6 Å². The number of nitrogens with two attached hydrogens (primary N) is 1. The van der Waals surface area contributed by atoms with Crippen LogP contribution in [0.5, 0.6) is 0 Å². The first-order chi connectivity index (χ1) is 13.3. The lowest BCUT2D eigenvalue weighted by molar-refractivity contribution is 0.0989. The lowest BCUT2D eigenvalue weighted by Gasteiger charge is -2.10. The van der Waals surface area contributed by atoms with Gasteiger partial charge in [-0.25, -0.2) is 4.98 Å². The predicted octanol–water partition coefficient (Wildman–Crippen LogP) is 4.61. The van der Waals surface area contributed by atoms with Crippen LogP contribution in [0.4, 0.5) is 11.5 Å². The van der Waals surface area contributed by atoms with E-state index in [-0.39, 0.29) is 29.0 Å². The number of nitrogen functional groups attached to an aromatic ring is 1. The number of Topliss-reactive ketones (excluding diaryl/α,β-unsaturated/α-hetero) is 1. The number of aromatic nitrogens is 1. The van der Waals surface area contributed by atoms with Gasteiger partial charge in [0, 0.05) is 17.5 Å². The fourth-order valence-electron chi connectivity index (χ4n) is 2.84. The van der Waals surface area contributed by atoms with Crippen LogP contribution in [0.15, 0.2) is 54.7 Å². The molecular weight excluding hydrogens is 374 g/mol. The van der Waals surface area contributed by atoms with E-state index in [1.165, 1.54) is 6.20 Å². The molecule has 1 heterocycles. The molecule has 0 fully saturated rings. The Morgan fingerprint density at radius 2 is 1.89 bits per heavy atom. The van der Waals surface area contributed by atoms with Gasteiger partial charge in [-0.05, 0) is 43.2 Å². The number of carbonyl (C=O) groups is 2. The van der Waals surface area contributed by atoms with Gasteiger partial charge in [0.1, 0.15) is 5.82 Å². The number of anilines is 2. The van der Waals surface area contributed by atoms with Gasteiger partial charge in [0.2, 0.25) is 0 Å². The molecule has 5 nitrogen and oxygen atoms in total. The number of nitrogens with one attached hydrogen (secondary N) is 1. The van der Waals surface area contributed by atoms with E-state index in [1.54, 1.807) is 18.2 Å². The maximum atomic E-state index is 12.7. The third kappa shape index (κ3) is 4.56. The van der Waals surface area contributed by atoms with Gasteiger partial charge in [-0.1, -0.05) is 47.5 Å². The molecule has 6 heteroatoms. The molecule has 0 saturated carbocycles. The number of pyridine rings is 1. The SMILES string of the molecule is Cc1cccc(C(=O)Cc2ccc(C)c(C(=O)Nc3cnc(N)c(Cl)c3)c2)c1. The van der Waals surface area contributed by atoms with Crippen LogP contribution in [0.2, 0.25) is 5.02 Å². The first-order valence-corrected chi connectivity index (χ1v) is 9.13. The van der Waals surface area contributed by atoms with Crippen LogP contribution in [-0.4, -0.2) is 16.7 Å². The normalized spacial score (nSPS) is 10.5. The Morgan fingerprint density at radius 3 is 2.61 bits per heavy atom. The number of hydrogen-bond acceptors (Lipinski definition) is 4. The van der Waals surface area contributed by atoms with Gasteiger partial charge in [-0.15, -0.1) is 0 Å². The minimum absolute atomic E-state index is 0.00780. The van der Waals surface area contributed by atoms with E-state index in [0.29, 0.717) is 16.8 Å². The molecule has 0 aliphatic rings. The highest BCUT2D eigenvalue weighted by molar-refractivity contribution is 6.33. The molecule has 1 amide bonds. The predicted molar refractivity (Wildman–Crippen MR) is 112 cm³/mol. The van der Waals surface area contributed by atoms with Gasteiger partial charge in [0.15, 0.2) is 5.78 Å². The molecule has 142 valence electrons. The smallest absolute Gasteiger partial charge is 0.255 e. The van der Waals surface area contributed by atoms with E-state index in [9.17, 15) is 9.59 Å². The third-order valence-corrected chi connectivity index (χ3v) is 4.68. The highest BCUT2D eigenvalue weighted by Gasteiger charge is 2.14. The van der Waals surface area contributed by atoms with E-state index < -0.39 is 0 Å². The van der Waals surface area contributed by atoms with Gasteiger partial charge >= 0.3 is 0 Å². The number of nitrogens with zero attached hydrogens (tertiary/aromatic N) is 1. The van der Waals surface area contributed by atoms with Gasteiger partial charge in [0.05, 0.1) is 16.9 Å². The van der Waals surface area contributed by atoms with Crippen LogP contribution in [-0.2, 0) is 6.42 Å². The van der Waals surface area contributed by atoms with Crippen molar-refractivity contribution in [3.63, 3.8) is 0 Å². The van der Waals surface area contributed by atoms with Crippen molar-refractivity contribution in [2.45, 2.75) is 20.3 Å². The summed E-state index contributed by atoms with van der Waals surface area (Å²) in [4.78, 5) is 29.2. The highest BCUT2D eigenvalue weighted by Crippen LogP contribution is 2.21. The zero-order valence-electron chi connectivity index (χ0n) is 15.6. The molecule has 0 atom stereocenters. The Hall–Kier alpha value is -3.18. The van der Waals surface area contributed by atoms with E-state index >= 15 is 0 Å². The fraction of sp³-hybridized carbons (Fsp3) is 0.136. The summed E-state index contributed by atoms with van der Waals surface area (Å²) in [7, 11) is 0. The van der Waals surface area contributed by atoms with Gasteiger partial charge in [-0.2, -0.15) is 0 Å². The van der Waals surface area contributed by atoms with Crippen LogP contribution in [0.3, 0.4) is 0 Å². The number of amides is 1. The van der Waals surface area contributed by atoms with Crippen molar-refractivity contribution < 1.29 is 9.59 Å². The van der Waals surface area contributed by atoms with Crippen molar-refractivity contribution in [3.8, 4) is 0 Å². The summed E-state index contributed by atoms with van der Waals surface area (Å²) in [5.74, 6) is -0.0917. The molecule has 2 aromatic carbocycles. The molecular formula is C22H20ClN3O2. The monoisotopic (exact) mass is 393 g/mol. The number of aryl methyl sites for hydroxylation is 2.